The molecule has 1 fully saturated rings. The van der Waals surface area contributed by atoms with Crippen LogP contribution in [-0.2, 0) is 0 Å². The fraction of sp³-hybridized carbons (Fsp3) is 0.242. The van der Waals surface area contributed by atoms with Gasteiger partial charge in [-0.3, -0.25) is 4.79 Å². The summed E-state index contributed by atoms with van der Waals surface area (Å²) in [6.07, 6.45) is 6.06. The third kappa shape index (κ3) is 7.16. The fourth-order valence-corrected chi connectivity index (χ4v) is 4.41. The first kappa shape index (κ1) is 26.8. The van der Waals surface area contributed by atoms with Crippen molar-refractivity contribution in [1.82, 2.24) is 4.90 Å². The van der Waals surface area contributed by atoms with E-state index in [1.807, 2.05) is 48.5 Å². The van der Waals surface area contributed by atoms with Gasteiger partial charge in [0.2, 0.25) is 0 Å². The lowest BCUT2D eigenvalue weighted by molar-refractivity contribution is 0.102. The summed E-state index contributed by atoms with van der Waals surface area (Å²) >= 11 is 0. The first-order valence-corrected chi connectivity index (χ1v) is 13.3. The lowest BCUT2D eigenvalue weighted by atomic mass is 10.1. The van der Waals surface area contributed by atoms with Crippen LogP contribution in [0.1, 0.15) is 35.7 Å². The minimum absolute atomic E-state index is 0.146. The fourth-order valence-electron chi connectivity index (χ4n) is 4.41. The summed E-state index contributed by atoms with van der Waals surface area (Å²) in [5.74, 6) is 0.578. The number of benzene rings is 3. The number of anilines is 2. The molecular weight excluding hydrogens is 470 g/mol. The maximum absolute atomic E-state index is 12.8. The highest BCUT2D eigenvalue weighted by atomic mass is 16.5. The maximum atomic E-state index is 12.8. The van der Waals surface area contributed by atoms with Crippen molar-refractivity contribution >= 4 is 23.0 Å². The maximum Gasteiger partial charge on any atom is 0.255 e. The Morgan fingerprint density at radius 2 is 1.61 bits per heavy atom. The number of amides is 1. The van der Waals surface area contributed by atoms with Crippen molar-refractivity contribution in [3.8, 4) is 5.75 Å². The number of hydrogen-bond acceptors (Lipinski definition) is 4. The van der Waals surface area contributed by atoms with Gasteiger partial charge in [0.05, 0.1) is 0 Å². The number of allylic oxidation sites excluding steroid dienone is 1. The molecule has 3 aromatic rings. The number of nitrogens with zero attached hydrogens (tertiary/aromatic N) is 2. The van der Waals surface area contributed by atoms with Crippen molar-refractivity contribution in [2.75, 3.05) is 43.0 Å². The van der Waals surface area contributed by atoms with Crippen LogP contribution in [0.15, 0.2) is 110 Å². The lowest BCUT2D eigenvalue weighted by Crippen LogP contribution is -2.45. The van der Waals surface area contributed by atoms with Crippen molar-refractivity contribution in [1.29, 1.82) is 0 Å². The number of hydrogen-bond donors (Lipinski definition) is 1. The molecule has 0 saturated carbocycles. The van der Waals surface area contributed by atoms with Crippen LogP contribution >= 0.6 is 0 Å². The normalized spacial score (nSPS) is 13.7. The first-order valence-electron chi connectivity index (χ1n) is 13.3. The number of piperazine rings is 1. The molecule has 38 heavy (non-hydrogen) atoms. The summed E-state index contributed by atoms with van der Waals surface area (Å²) in [5, 5.41) is 2.99. The number of carbonyl (C=O) groups excluding carboxylic acids is 1. The van der Waals surface area contributed by atoms with Crippen molar-refractivity contribution in [2.24, 2.45) is 0 Å². The molecule has 0 aliphatic carbocycles. The van der Waals surface area contributed by atoms with Gasteiger partial charge in [-0.05, 0) is 66.1 Å². The van der Waals surface area contributed by atoms with Crippen molar-refractivity contribution in [2.45, 2.75) is 19.8 Å². The average molecular weight is 508 g/mol. The minimum Gasteiger partial charge on any atom is -0.489 e. The second-order valence-corrected chi connectivity index (χ2v) is 9.37. The van der Waals surface area contributed by atoms with Crippen LogP contribution in [0.2, 0.25) is 0 Å². The van der Waals surface area contributed by atoms with E-state index in [4.69, 9.17) is 4.74 Å². The number of unbranched alkanes of at least 4 members (excludes halogenated alkanes) is 1. The third-order valence-corrected chi connectivity index (χ3v) is 6.74. The Hall–Kier alpha value is -4.25. The Morgan fingerprint density at radius 1 is 0.921 bits per heavy atom. The molecule has 3 aromatic carbocycles. The number of nitrogens with one attached hydrogen (secondary N) is 1. The molecule has 1 N–H and O–H groups in total. The monoisotopic (exact) mass is 507 g/mol. The molecule has 1 aliphatic heterocycles. The van der Waals surface area contributed by atoms with Gasteiger partial charge in [0.25, 0.3) is 5.91 Å². The topological polar surface area (TPSA) is 44.8 Å². The predicted molar refractivity (Wildman–Crippen MR) is 159 cm³/mol. The van der Waals surface area contributed by atoms with E-state index in [0.717, 1.165) is 67.4 Å². The molecule has 0 radical (unpaired) electrons. The summed E-state index contributed by atoms with van der Waals surface area (Å²) in [5.41, 5.74) is 5.82. The Morgan fingerprint density at radius 3 is 2.24 bits per heavy atom. The van der Waals surface area contributed by atoms with Gasteiger partial charge < -0.3 is 19.9 Å². The van der Waals surface area contributed by atoms with E-state index >= 15 is 0 Å². The third-order valence-electron chi connectivity index (χ3n) is 6.74. The molecule has 196 valence electrons. The van der Waals surface area contributed by atoms with Gasteiger partial charge in [0, 0.05) is 48.8 Å². The smallest absolute Gasteiger partial charge is 0.255 e. The Bertz CT molecular complexity index is 1240. The molecule has 0 spiro atoms. The van der Waals surface area contributed by atoms with E-state index in [1.165, 1.54) is 5.56 Å². The second-order valence-electron chi connectivity index (χ2n) is 9.37. The van der Waals surface area contributed by atoms with E-state index in [1.54, 1.807) is 12.1 Å². The Labute approximate surface area is 226 Å². The van der Waals surface area contributed by atoms with Crippen LogP contribution < -0.4 is 15.0 Å². The summed E-state index contributed by atoms with van der Waals surface area (Å²) < 4.78 is 5.84. The highest BCUT2D eigenvalue weighted by Gasteiger charge is 2.19. The molecule has 0 atom stereocenters. The number of rotatable bonds is 11. The van der Waals surface area contributed by atoms with Crippen molar-refractivity contribution in [3.05, 3.63) is 121 Å². The molecule has 1 saturated heterocycles. The molecule has 0 unspecified atom stereocenters. The van der Waals surface area contributed by atoms with Gasteiger partial charge in [-0.1, -0.05) is 69.0 Å². The zero-order valence-electron chi connectivity index (χ0n) is 22.2. The highest BCUT2D eigenvalue weighted by Crippen LogP contribution is 2.24. The van der Waals surface area contributed by atoms with Crippen molar-refractivity contribution < 1.29 is 9.53 Å². The molecule has 4 rings (SSSR count). The van der Waals surface area contributed by atoms with E-state index in [0.29, 0.717) is 12.2 Å². The largest absolute Gasteiger partial charge is 0.489 e. The van der Waals surface area contributed by atoms with E-state index in [2.05, 4.69) is 65.5 Å². The molecular formula is C33H37N3O2. The summed E-state index contributed by atoms with van der Waals surface area (Å²) in [7, 11) is 0. The van der Waals surface area contributed by atoms with Gasteiger partial charge in [0.1, 0.15) is 12.4 Å². The van der Waals surface area contributed by atoms with Crippen LogP contribution in [0.3, 0.4) is 0 Å². The molecule has 0 bridgehead atoms. The summed E-state index contributed by atoms with van der Waals surface area (Å²) in [4.78, 5) is 17.5. The molecule has 1 amide bonds. The molecule has 5 heteroatoms. The molecule has 1 aliphatic rings. The van der Waals surface area contributed by atoms with Gasteiger partial charge in [-0.2, -0.15) is 0 Å². The predicted octanol–water partition coefficient (Wildman–Crippen LogP) is 7.02. The van der Waals surface area contributed by atoms with Gasteiger partial charge in [-0.15, -0.1) is 0 Å². The highest BCUT2D eigenvalue weighted by molar-refractivity contribution is 6.04. The summed E-state index contributed by atoms with van der Waals surface area (Å²) in [6.45, 7) is 14.5. The van der Waals surface area contributed by atoms with Gasteiger partial charge in [-0.25, -0.2) is 0 Å². The van der Waals surface area contributed by atoms with Crippen LogP contribution in [0, 0.1) is 0 Å². The van der Waals surface area contributed by atoms with E-state index < -0.39 is 0 Å². The minimum atomic E-state index is -0.146. The van der Waals surface area contributed by atoms with Crippen LogP contribution in [0.4, 0.5) is 11.4 Å². The number of carbonyl (C=O) groups is 1. The Balaban J connectivity index is 1.26. The zero-order valence-corrected chi connectivity index (χ0v) is 22.2. The first-order chi connectivity index (χ1) is 18.6. The second kappa shape index (κ2) is 13.3. The van der Waals surface area contributed by atoms with E-state index in [9.17, 15) is 4.79 Å². The van der Waals surface area contributed by atoms with Crippen molar-refractivity contribution in [3.63, 3.8) is 0 Å². The van der Waals surface area contributed by atoms with Crippen LogP contribution in [0.25, 0.3) is 5.70 Å². The van der Waals surface area contributed by atoms with Gasteiger partial charge >= 0.3 is 0 Å². The average Bonchev–Trinajstić information content (AvgIpc) is 2.98. The SMILES string of the molecule is C=C/C(=C\CCC)COc1ccc(C(=O)Nc2ccc(N3CCN(C(=C)c4ccccc4)CC3)cc2)cc1. The lowest BCUT2D eigenvalue weighted by Gasteiger charge is -2.38. The molecule has 0 aromatic heterocycles. The standard InChI is InChI=1S/C33H37N3O2/c1-4-6-10-27(5-2)25-38-32-19-13-29(14-20-32)33(37)34-30-15-17-31(18-16-30)36-23-21-35(22-24-36)26(3)28-11-8-7-9-12-28/h5,7-20H,2-4,6,21-25H2,1H3,(H,34,37)/b27-10+. The Kier molecular flexibility index (Phi) is 9.41. The van der Waals surface area contributed by atoms with Crippen LogP contribution in [0.5, 0.6) is 5.75 Å². The quantitative estimate of drug-likeness (QED) is 0.283. The van der Waals surface area contributed by atoms with Gasteiger partial charge in [0.15, 0.2) is 0 Å². The molecule has 5 nitrogen and oxygen atoms in total. The number of ether oxygens (including phenoxy) is 1. The zero-order chi connectivity index (χ0) is 26.7. The summed E-state index contributed by atoms with van der Waals surface area (Å²) in [6, 6.07) is 25.6. The van der Waals surface area contributed by atoms with E-state index in [-0.39, 0.29) is 5.91 Å². The molecule has 1 heterocycles. The van der Waals surface area contributed by atoms with Crippen LogP contribution in [-0.4, -0.2) is 43.6 Å².